The summed E-state index contributed by atoms with van der Waals surface area (Å²) in [6.45, 7) is 5.91. The van der Waals surface area contributed by atoms with Crippen molar-refractivity contribution < 1.29 is 9.53 Å². The van der Waals surface area contributed by atoms with Gasteiger partial charge < -0.3 is 10.1 Å². The zero-order valence-electron chi connectivity index (χ0n) is 17.3. The third kappa shape index (κ3) is 4.54. The van der Waals surface area contributed by atoms with Gasteiger partial charge in [0, 0.05) is 37.1 Å². The van der Waals surface area contributed by atoms with E-state index >= 15 is 0 Å². The largest absolute Gasteiger partial charge is 0.381 e. The molecule has 0 radical (unpaired) electrons. The average molecular weight is 393 g/mol. The molecular weight excluding hydrogens is 360 g/mol. The molecule has 2 aliphatic rings. The van der Waals surface area contributed by atoms with Crippen LogP contribution in [0.5, 0.6) is 0 Å². The van der Waals surface area contributed by atoms with E-state index in [1.807, 2.05) is 6.07 Å². The lowest BCUT2D eigenvalue weighted by molar-refractivity contribution is -0.122. The molecule has 0 unspecified atom stereocenters. The smallest absolute Gasteiger partial charge is 0.234 e. The van der Waals surface area contributed by atoms with Crippen LogP contribution in [0.1, 0.15) is 43.2 Å². The first kappa shape index (κ1) is 20.1. The first-order valence-electron chi connectivity index (χ1n) is 10.9. The summed E-state index contributed by atoms with van der Waals surface area (Å²) in [5.74, 6) is 0.641. The Hall–Kier alpha value is -2.17. The summed E-state index contributed by atoms with van der Waals surface area (Å²) in [5, 5.41) is 3.26. The predicted molar refractivity (Wildman–Crippen MR) is 116 cm³/mol. The summed E-state index contributed by atoms with van der Waals surface area (Å²) in [6.07, 6.45) is 3.02. The standard InChI is InChI=1S/C25H32N2O2/c1-20-23(21-8-4-2-5-9-21)12-15-27(20)18-24(28)26-19-25(13-16-29-17-14-25)22-10-6-3-7-11-22/h2-11,20,23H,12-19H2,1H3,(H,26,28)/t20-,23+/m0/s1. The highest BCUT2D eigenvalue weighted by Crippen LogP contribution is 2.35. The molecule has 154 valence electrons. The van der Waals surface area contributed by atoms with Gasteiger partial charge in [0.05, 0.1) is 6.54 Å². The molecule has 0 aromatic heterocycles. The van der Waals surface area contributed by atoms with E-state index in [0.717, 1.165) is 39.0 Å². The van der Waals surface area contributed by atoms with Crippen molar-refractivity contribution in [3.05, 3.63) is 71.8 Å². The highest BCUT2D eigenvalue weighted by Gasteiger charge is 2.36. The topological polar surface area (TPSA) is 41.6 Å². The number of nitrogens with one attached hydrogen (secondary N) is 1. The second-order valence-electron chi connectivity index (χ2n) is 8.55. The molecule has 2 aromatic carbocycles. The zero-order valence-corrected chi connectivity index (χ0v) is 17.3. The Morgan fingerprint density at radius 2 is 1.72 bits per heavy atom. The summed E-state index contributed by atoms with van der Waals surface area (Å²) in [7, 11) is 0. The Morgan fingerprint density at radius 1 is 1.07 bits per heavy atom. The van der Waals surface area contributed by atoms with Crippen LogP contribution < -0.4 is 5.32 Å². The van der Waals surface area contributed by atoms with Crippen molar-refractivity contribution in [2.24, 2.45) is 0 Å². The van der Waals surface area contributed by atoms with Crippen LogP contribution in [0.15, 0.2) is 60.7 Å². The van der Waals surface area contributed by atoms with E-state index in [-0.39, 0.29) is 11.3 Å². The lowest BCUT2D eigenvalue weighted by Crippen LogP contribution is -2.47. The average Bonchev–Trinajstić information content (AvgIpc) is 3.14. The Kier molecular flexibility index (Phi) is 6.31. The van der Waals surface area contributed by atoms with Gasteiger partial charge in [-0.1, -0.05) is 60.7 Å². The van der Waals surface area contributed by atoms with Gasteiger partial charge in [-0.05, 0) is 43.9 Å². The summed E-state index contributed by atoms with van der Waals surface area (Å²) in [4.78, 5) is 15.1. The van der Waals surface area contributed by atoms with Gasteiger partial charge in [-0.25, -0.2) is 0 Å². The molecule has 4 heteroatoms. The molecule has 2 aromatic rings. The Labute approximate surface area is 174 Å². The molecular formula is C25H32N2O2. The molecule has 0 spiro atoms. The second kappa shape index (κ2) is 9.10. The Morgan fingerprint density at radius 3 is 2.41 bits per heavy atom. The van der Waals surface area contributed by atoms with Crippen molar-refractivity contribution in [3.8, 4) is 0 Å². The minimum absolute atomic E-state index is 0.0155. The van der Waals surface area contributed by atoms with Gasteiger partial charge in [0.15, 0.2) is 0 Å². The number of ether oxygens (including phenoxy) is 1. The van der Waals surface area contributed by atoms with E-state index < -0.39 is 0 Å². The summed E-state index contributed by atoms with van der Waals surface area (Å²) in [5.41, 5.74) is 2.67. The SMILES string of the molecule is C[C@H]1[C@H](c2ccccc2)CCN1CC(=O)NCC1(c2ccccc2)CCOCC1. The Bertz CT molecular complexity index is 787. The van der Waals surface area contributed by atoms with Gasteiger partial charge in [-0.3, -0.25) is 9.69 Å². The molecule has 2 heterocycles. The monoisotopic (exact) mass is 392 g/mol. The number of carbonyl (C=O) groups excluding carboxylic acids is 1. The molecule has 0 aliphatic carbocycles. The van der Waals surface area contributed by atoms with E-state index in [1.54, 1.807) is 0 Å². The fraction of sp³-hybridized carbons (Fsp3) is 0.480. The van der Waals surface area contributed by atoms with Gasteiger partial charge >= 0.3 is 0 Å². The van der Waals surface area contributed by atoms with Crippen LogP contribution in [-0.2, 0) is 14.9 Å². The van der Waals surface area contributed by atoms with E-state index in [2.05, 4.69) is 71.7 Å². The van der Waals surface area contributed by atoms with Gasteiger partial charge in [0.25, 0.3) is 0 Å². The Balaban J connectivity index is 1.36. The third-order valence-corrected chi connectivity index (χ3v) is 6.92. The number of amides is 1. The predicted octanol–water partition coefficient (Wildman–Crippen LogP) is 3.73. The highest BCUT2D eigenvalue weighted by atomic mass is 16.5. The molecule has 4 rings (SSSR count). The van der Waals surface area contributed by atoms with Crippen molar-refractivity contribution in [1.82, 2.24) is 10.2 Å². The van der Waals surface area contributed by atoms with Gasteiger partial charge in [-0.2, -0.15) is 0 Å². The summed E-state index contributed by atoms with van der Waals surface area (Å²) in [6, 6.07) is 21.7. The van der Waals surface area contributed by atoms with Crippen molar-refractivity contribution in [3.63, 3.8) is 0 Å². The van der Waals surface area contributed by atoms with Gasteiger partial charge in [0.1, 0.15) is 0 Å². The van der Waals surface area contributed by atoms with Gasteiger partial charge in [0.2, 0.25) is 5.91 Å². The molecule has 2 aliphatic heterocycles. The highest BCUT2D eigenvalue weighted by molar-refractivity contribution is 5.78. The first-order chi connectivity index (χ1) is 14.2. The molecule has 2 fully saturated rings. The molecule has 29 heavy (non-hydrogen) atoms. The lowest BCUT2D eigenvalue weighted by atomic mass is 9.74. The number of rotatable bonds is 6. The maximum Gasteiger partial charge on any atom is 0.234 e. The van der Waals surface area contributed by atoms with Crippen molar-refractivity contribution in [2.45, 2.75) is 43.6 Å². The second-order valence-corrected chi connectivity index (χ2v) is 8.55. The molecule has 1 N–H and O–H groups in total. The maximum atomic E-state index is 12.8. The van der Waals surface area contributed by atoms with E-state index in [4.69, 9.17) is 4.74 Å². The molecule has 4 nitrogen and oxygen atoms in total. The van der Waals surface area contributed by atoms with Crippen LogP contribution in [0.4, 0.5) is 0 Å². The molecule has 2 saturated heterocycles. The van der Waals surface area contributed by atoms with Gasteiger partial charge in [-0.15, -0.1) is 0 Å². The third-order valence-electron chi connectivity index (χ3n) is 6.92. The van der Waals surface area contributed by atoms with Crippen LogP contribution in [0.25, 0.3) is 0 Å². The van der Waals surface area contributed by atoms with E-state index in [9.17, 15) is 4.79 Å². The molecule has 1 amide bonds. The number of carbonyl (C=O) groups is 1. The first-order valence-corrected chi connectivity index (χ1v) is 10.9. The van der Waals surface area contributed by atoms with Crippen molar-refractivity contribution >= 4 is 5.91 Å². The molecule has 2 atom stereocenters. The number of hydrogen-bond donors (Lipinski definition) is 1. The molecule has 0 saturated carbocycles. The number of benzene rings is 2. The number of nitrogens with zero attached hydrogens (tertiary/aromatic N) is 1. The maximum absolute atomic E-state index is 12.8. The van der Waals surface area contributed by atoms with E-state index in [1.165, 1.54) is 11.1 Å². The lowest BCUT2D eigenvalue weighted by Gasteiger charge is -2.38. The quantitative estimate of drug-likeness (QED) is 0.814. The summed E-state index contributed by atoms with van der Waals surface area (Å²) >= 11 is 0. The van der Waals surface area contributed by atoms with E-state index in [0.29, 0.717) is 25.0 Å². The van der Waals surface area contributed by atoms with Crippen LogP contribution >= 0.6 is 0 Å². The molecule has 0 bridgehead atoms. The van der Waals surface area contributed by atoms with Crippen LogP contribution in [0.3, 0.4) is 0 Å². The van der Waals surface area contributed by atoms with Crippen LogP contribution in [0, 0.1) is 0 Å². The normalized spacial score (nSPS) is 24.3. The number of likely N-dealkylation sites (tertiary alicyclic amines) is 1. The minimum Gasteiger partial charge on any atom is -0.381 e. The van der Waals surface area contributed by atoms with Crippen molar-refractivity contribution in [2.75, 3.05) is 32.8 Å². The fourth-order valence-corrected chi connectivity index (χ4v) is 5.00. The minimum atomic E-state index is -0.0155. The number of hydrogen-bond acceptors (Lipinski definition) is 3. The fourth-order valence-electron chi connectivity index (χ4n) is 5.00. The van der Waals surface area contributed by atoms with Crippen molar-refractivity contribution in [1.29, 1.82) is 0 Å². The van der Waals surface area contributed by atoms with Crippen LogP contribution in [0.2, 0.25) is 0 Å². The zero-order chi connectivity index (χ0) is 20.1. The summed E-state index contributed by atoms with van der Waals surface area (Å²) < 4.78 is 5.61. The van der Waals surface area contributed by atoms with Crippen LogP contribution in [-0.4, -0.2) is 49.7 Å².